The number of methoxy groups -OCH3 is 2. The van der Waals surface area contributed by atoms with E-state index < -0.39 is 0 Å². The number of hydrogen-bond donors (Lipinski definition) is 1. The van der Waals surface area contributed by atoms with Crippen molar-refractivity contribution in [3.8, 4) is 11.5 Å². The molecule has 1 aromatic rings. The van der Waals surface area contributed by atoms with Gasteiger partial charge in [-0.2, -0.15) is 0 Å². The zero-order chi connectivity index (χ0) is 14.1. The molecule has 0 spiro atoms. The first-order valence-corrected chi connectivity index (χ1v) is 6.56. The molecule has 0 radical (unpaired) electrons. The third kappa shape index (κ3) is 5.44. The fourth-order valence-corrected chi connectivity index (χ4v) is 1.69. The van der Waals surface area contributed by atoms with Crippen molar-refractivity contribution < 1.29 is 14.2 Å². The van der Waals surface area contributed by atoms with Gasteiger partial charge in [0.25, 0.3) is 0 Å². The summed E-state index contributed by atoms with van der Waals surface area (Å²) in [5, 5.41) is 3.34. The quantitative estimate of drug-likeness (QED) is 0.694. The molecule has 5 heteroatoms. The van der Waals surface area contributed by atoms with Crippen molar-refractivity contribution in [2.45, 2.75) is 32.9 Å². The smallest absolute Gasteiger partial charge is 0.184 e. The summed E-state index contributed by atoms with van der Waals surface area (Å²) < 4.78 is 16.1. The summed E-state index contributed by atoms with van der Waals surface area (Å²) >= 11 is 0. The highest BCUT2D eigenvalue weighted by molar-refractivity contribution is 5.42. The Hall–Kier alpha value is -1.33. The third-order valence-corrected chi connectivity index (χ3v) is 2.62. The monoisotopic (exact) mass is 268 g/mol. The fraction of sp³-hybridized carbons (Fsp3) is 0.643. The molecule has 0 saturated heterocycles. The molecule has 5 nitrogen and oxygen atoms in total. The Morgan fingerprint density at radius 1 is 1.26 bits per heavy atom. The van der Waals surface area contributed by atoms with Crippen molar-refractivity contribution in [2.24, 2.45) is 0 Å². The molecule has 1 rings (SSSR count). The zero-order valence-corrected chi connectivity index (χ0v) is 12.2. The van der Waals surface area contributed by atoms with Crippen LogP contribution in [-0.4, -0.2) is 38.4 Å². The lowest BCUT2D eigenvalue weighted by molar-refractivity contribution is 0.113. The van der Waals surface area contributed by atoms with Crippen molar-refractivity contribution in [1.82, 2.24) is 10.3 Å². The average molecular weight is 268 g/mol. The van der Waals surface area contributed by atoms with Gasteiger partial charge in [-0.25, -0.2) is 0 Å². The summed E-state index contributed by atoms with van der Waals surface area (Å²) in [6, 6.07) is 2.29. The van der Waals surface area contributed by atoms with E-state index in [1.165, 1.54) is 0 Å². The van der Waals surface area contributed by atoms with Crippen molar-refractivity contribution in [2.75, 3.05) is 27.4 Å². The number of ether oxygens (including phenoxy) is 3. The van der Waals surface area contributed by atoms with E-state index in [2.05, 4.69) is 24.1 Å². The highest BCUT2D eigenvalue weighted by atomic mass is 16.5. The summed E-state index contributed by atoms with van der Waals surface area (Å²) in [6.07, 6.45) is 2.67. The molecular weight excluding hydrogens is 244 g/mol. The van der Waals surface area contributed by atoms with Crippen molar-refractivity contribution in [3.63, 3.8) is 0 Å². The zero-order valence-electron chi connectivity index (χ0n) is 12.2. The third-order valence-electron chi connectivity index (χ3n) is 2.62. The molecular formula is C14H24N2O3. The molecule has 0 amide bonds. The van der Waals surface area contributed by atoms with Gasteiger partial charge in [0.05, 0.1) is 20.8 Å². The summed E-state index contributed by atoms with van der Waals surface area (Å²) in [6.45, 7) is 6.35. The molecule has 0 unspecified atom stereocenters. The fourth-order valence-electron chi connectivity index (χ4n) is 1.69. The predicted molar refractivity (Wildman–Crippen MR) is 74.8 cm³/mol. The van der Waals surface area contributed by atoms with Crippen LogP contribution in [0, 0.1) is 0 Å². The SMILES string of the molecule is COc1ccnc(COCCCNC(C)C)c1OC. The van der Waals surface area contributed by atoms with E-state index in [1.807, 2.05) is 0 Å². The summed E-state index contributed by atoms with van der Waals surface area (Å²) in [5.41, 5.74) is 0.763. The lowest BCUT2D eigenvalue weighted by Gasteiger charge is -2.12. The van der Waals surface area contributed by atoms with E-state index in [0.717, 1.165) is 18.7 Å². The van der Waals surface area contributed by atoms with Gasteiger partial charge in [0.2, 0.25) is 0 Å². The lowest BCUT2D eigenvalue weighted by Crippen LogP contribution is -2.24. The number of nitrogens with zero attached hydrogens (tertiary/aromatic N) is 1. The summed E-state index contributed by atoms with van der Waals surface area (Å²) in [4.78, 5) is 4.26. The highest BCUT2D eigenvalue weighted by Gasteiger charge is 2.10. The van der Waals surface area contributed by atoms with Crippen molar-refractivity contribution >= 4 is 0 Å². The van der Waals surface area contributed by atoms with Gasteiger partial charge in [0, 0.05) is 24.9 Å². The minimum Gasteiger partial charge on any atom is -0.493 e. The van der Waals surface area contributed by atoms with E-state index >= 15 is 0 Å². The molecule has 0 bridgehead atoms. The normalized spacial score (nSPS) is 10.8. The minimum atomic E-state index is 0.433. The van der Waals surface area contributed by atoms with Crippen LogP contribution in [0.15, 0.2) is 12.3 Å². The number of aromatic nitrogens is 1. The van der Waals surface area contributed by atoms with E-state index in [0.29, 0.717) is 30.8 Å². The standard InChI is InChI=1S/C14H24N2O3/c1-11(2)15-7-5-9-19-10-12-14(18-4)13(17-3)6-8-16-12/h6,8,11,15H,5,7,9-10H2,1-4H3. The van der Waals surface area contributed by atoms with E-state index in [-0.39, 0.29) is 0 Å². The molecule has 0 saturated carbocycles. The second-order valence-electron chi connectivity index (χ2n) is 4.51. The van der Waals surface area contributed by atoms with Crippen molar-refractivity contribution in [3.05, 3.63) is 18.0 Å². The number of nitrogens with one attached hydrogen (secondary N) is 1. The maximum absolute atomic E-state index is 5.61. The van der Waals surface area contributed by atoms with E-state index in [4.69, 9.17) is 14.2 Å². The number of hydrogen-bond acceptors (Lipinski definition) is 5. The first-order valence-electron chi connectivity index (χ1n) is 6.56. The van der Waals surface area contributed by atoms with Crippen LogP contribution in [0.25, 0.3) is 0 Å². The van der Waals surface area contributed by atoms with Crippen molar-refractivity contribution in [1.29, 1.82) is 0 Å². The van der Waals surface area contributed by atoms with Gasteiger partial charge in [-0.1, -0.05) is 13.8 Å². The molecule has 1 N–H and O–H groups in total. The Bertz CT molecular complexity index is 370. The van der Waals surface area contributed by atoms with Gasteiger partial charge >= 0.3 is 0 Å². The lowest BCUT2D eigenvalue weighted by atomic mass is 10.3. The van der Waals surface area contributed by atoms with Crippen LogP contribution in [0.3, 0.4) is 0 Å². The van der Waals surface area contributed by atoms with Crippen LogP contribution in [0.4, 0.5) is 0 Å². The molecule has 108 valence electrons. The van der Waals surface area contributed by atoms with Crippen LogP contribution in [0.1, 0.15) is 26.0 Å². The predicted octanol–water partition coefficient (Wildman–Crippen LogP) is 2.00. The maximum atomic E-state index is 5.61. The van der Waals surface area contributed by atoms with Crippen LogP contribution >= 0.6 is 0 Å². The molecule has 0 aromatic carbocycles. The molecule has 0 atom stereocenters. The molecule has 0 aliphatic carbocycles. The molecule has 0 aliphatic heterocycles. The second-order valence-corrected chi connectivity index (χ2v) is 4.51. The van der Waals surface area contributed by atoms with Crippen LogP contribution < -0.4 is 14.8 Å². The van der Waals surface area contributed by atoms with Gasteiger partial charge in [-0.05, 0) is 13.0 Å². The summed E-state index contributed by atoms with van der Waals surface area (Å²) in [5.74, 6) is 1.32. The van der Waals surface area contributed by atoms with Crippen LogP contribution in [0.2, 0.25) is 0 Å². The average Bonchev–Trinajstić information content (AvgIpc) is 2.41. The molecule has 19 heavy (non-hydrogen) atoms. The maximum Gasteiger partial charge on any atom is 0.184 e. The molecule has 0 aliphatic rings. The Labute approximate surface area is 115 Å². The Morgan fingerprint density at radius 2 is 2.05 bits per heavy atom. The molecule has 1 heterocycles. The van der Waals surface area contributed by atoms with E-state index in [1.54, 1.807) is 26.5 Å². The minimum absolute atomic E-state index is 0.433. The first kappa shape index (κ1) is 15.7. The largest absolute Gasteiger partial charge is 0.493 e. The van der Waals surface area contributed by atoms with Crippen LogP contribution in [-0.2, 0) is 11.3 Å². The van der Waals surface area contributed by atoms with Gasteiger partial charge in [-0.3, -0.25) is 4.98 Å². The van der Waals surface area contributed by atoms with Gasteiger partial charge in [0.1, 0.15) is 5.69 Å². The summed E-state index contributed by atoms with van der Waals surface area (Å²) in [7, 11) is 3.22. The van der Waals surface area contributed by atoms with Gasteiger partial charge < -0.3 is 19.5 Å². The number of pyridine rings is 1. The highest BCUT2D eigenvalue weighted by Crippen LogP contribution is 2.29. The Balaban J connectivity index is 2.37. The molecule has 1 aromatic heterocycles. The Morgan fingerprint density at radius 3 is 2.68 bits per heavy atom. The number of rotatable bonds is 9. The van der Waals surface area contributed by atoms with Gasteiger partial charge in [0.15, 0.2) is 11.5 Å². The molecule has 0 fully saturated rings. The van der Waals surface area contributed by atoms with Gasteiger partial charge in [-0.15, -0.1) is 0 Å². The second kappa shape index (κ2) is 8.72. The Kier molecular flexibility index (Phi) is 7.22. The first-order chi connectivity index (χ1) is 9.19. The topological polar surface area (TPSA) is 52.6 Å². The van der Waals surface area contributed by atoms with E-state index in [9.17, 15) is 0 Å². The van der Waals surface area contributed by atoms with Crippen LogP contribution in [0.5, 0.6) is 11.5 Å².